The maximum Gasteiger partial charge on any atom is 0.285 e. The monoisotopic (exact) mass is 422 g/mol. The van der Waals surface area contributed by atoms with E-state index in [9.17, 15) is 8.42 Å². The van der Waals surface area contributed by atoms with Gasteiger partial charge in [-0.25, -0.2) is 0 Å². The number of aromatic nitrogens is 1. The molecule has 0 fully saturated rings. The van der Waals surface area contributed by atoms with Crippen molar-refractivity contribution in [2.24, 2.45) is 4.40 Å². The van der Waals surface area contributed by atoms with Crippen molar-refractivity contribution in [3.63, 3.8) is 0 Å². The Labute approximate surface area is 167 Å². The lowest BCUT2D eigenvalue weighted by molar-refractivity contribution is 0.187. The van der Waals surface area contributed by atoms with Gasteiger partial charge in [0.15, 0.2) is 11.5 Å². The largest absolute Gasteiger partial charge is 0.493 e. The maximum absolute atomic E-state index is 12.8. The van der Waals surface area contributed by atoms with Crippen molar-refractivity contribution in [3.8, 4) is 11.5 Å². The predicted octanol–water partition coefficient (Wildman–Crippen LogP) is 2.96. The summed E-state index contributed by atoms with van der Waals surface area (Å²) in [6, 6.07) is 10.3. The van der Waals surface area contributed by atoms with Gasteiger partial charge in [-0.1, -0.05) is 29.0 Å². The number of ether oxygens (including phenoxy) is 3. The average Bonchev–Trinajstić information content (AvgIpc) is 3.00. The van der Waals surface area contributed by atoms with Crippen molar-refractivity contribution in [2.75, 3.05) is 27.9 Å². The third-order valence-corrected chi connectivity index (χ3v) is 6.66. The van der Waals surface area contributed by atoms with E-state index in [1.807, 2.05) is 23.6 Å². The molecule has 0 radical (unpaired) electrons. The summed E-state index contributed by atoms with van der Waals surface area (Å²) in [5.74, 6) is 1.13. The van der Waals surface area contributed by atoms with Gasteiger partial charge in [0, 0.05) is 25.8 Å². The van der Waals surface area contributed by atoms with Crippen molar-refractivity contribution in [3.05, 3.63) is 46.8 Å². The summed E-state index contributed by atoms with van der Waals surface area (Å²) in [4.78, 5) is 0.520. The van der Waals surface area contributed by atoms with E-state index < -0.39 is 10.0 Å². The number of hydrogen-bond acceptors (Lipinski definition) is 6. The first-order chi connectivity index (χ1) is 13.4. The first-order valence-corrected chi connectivity index (χ1v) is 10.8. The molecule has 0 atom stereocenters. The van der Waals surface area contributed by atoms with Gasteiger partial charge >= 0.3 is 0 Å². The minimum atomic E-state index is -3.85. The van der Waals surface area contributed by atoms with Crippen LogP contribution in [-0.4, -0.2) is 40.9 Å². The third-order valence-electron chi connectivity index (χ3n) is 4.22. The molecule has 3 rings (SSSR count). The average molecular weight is 423 g/mol. The summed E-state index contributed by atoms with van der Waals surface area (Å²) in [5.41, 5.74) is 1.78. The lowest BCUT2D eigenvalue weighted by Crippen LogP contribution is -2.19. The quantitative estimate of drug-likeness (QED) is 0.585. The lowest BCUT2D eigenvalue weighted by Gasteiger charge is -2.09. The lowest BCUT2D eigenvalue weighted by atomic mass is 10.2. The molecule has 0 amide bonds. The fraction of sp³-hybridized carbons (Fsp3) is 0.316. The van der Waals surface area contributed by atoms with Crippen LogP contribution in [0.25, 0.3) is 10.2 Å². The fourth-order valence-corrected chi connectivity index (χ4v) is 5.00. The van der Waals surface area contributed by atoms with Gasteiger partial charge in [0.05, 0.1) is 35.9 Å². The van der Waals surface area contributed by atoms with Crippen LogP contribution in [0.4, 0.5) is 0 Å². The summed E-state index contributed by atoms with van der Waals surface area (Å²) in [7, 11) is 0.868. The Morgan fingerprint density at radius 3 is 2.29 bits per heavy atom. The summed E-state index contributed by atoms with van der Waals surface area (Å²) < 4.78 is 48.3. The number of thiazole rings is 1. The van der Waals surface area contributed by atoms with Gasteiger partial charge in [0.25, 0.3) is 10.0 Å². The number of methoxy groups -OCH3 is 3. The molecule has 9 heteroatoms. The van der Waals surface area contributed by atoms with Crippen molar-refractivity contribution >= 4 is 31.6 Å². The Morgan fingerprint density at radius 1 is 1.04 bits per heavy atom. The van der Waals surface area contributed by atoms with E-state index >= 15 is 0 Å². The SMILES string of the molecule is COCCn1/c(=N/S(=O)(=O)c2ccc(C)cc2)sc2cc(OC)c(OC)cc21. The molecule has 0 unspecified atom stereocenters. The first-order valence-electron chi connectivity index (χ1n) is 8.51. The van der Waals surface area contributed by atoms with Gasteiger partial charge in [0.2, 0.25) is 4.80 Å². The number of hydrogen-bond donors (Lipinski definition) is 0. The molecule has 1 aromatic heterocycles. The van der Waals surface area contributed by atoms with Crippen LogP contribution in [0, 0.1) is 6.92 Å². The number of benzene rings is 2. The summed E-state index contributed by atoms with van der Waals surface area (Å²) in [6.45, 7) is 2.77. The van der Waals surface area contributed by atoms with Crippen LogP contribution in [0.5, 0.6) is 11.5 Å². The molecule has 0 aliphatic heterocycles. The molecule has 150 valence electrons. The zero-order valence-corrected chi connectivity index (χ0v) is 17.8. The molecule has 1 heterocycles. The van der Waals surface area contributed by atoms with E-state index in [2.05, 4.69) is 4.40 Å². The molecule has 0 N–H and O–H groups in total. The zero-order valence-electron chi connectivity index (χ0n) is 16.1. The summed E-state index contributed by atoms with van der Waals surface area (Å²) in [5, 5.41) is 0. The van der Waals surface area contributed by atoms with E-state index in [1.165, 1.54) is 11.3 Å². The van der Waals surface area contributed by atoms with Crippen LogP contribution >= 0.6 is 11.3 Å². The van der Waals surface area contributed by atoms with E-state index in [-0.39, 0.29) is 4.90 Å². The van der Waals surface area contributed by atoms with Gasteiger partial charge in [-0.3, -0.25) is 0 Å². The van der Waals surface area contributed by atoms with E-state index in [4.69, 9.17) is 14.2 Å². The summed E-state index contributed by atoms with van der Waals surface area (Å²) >= 11 is 1.27. The normalized spacial score (nSPS) is 12.5. The van der Waals surface area contributed by atoms with Gasteiger partial charge in [-0.15, -0.1) is 4.40 Å². The number of aryl methyl sites for hydroxylation is 1. The molecule has 0 aliphatic carbocycles. The molecule has 0 saturated carbocycles. The number of nitrogens with zero attached hydrogens (tertiary/aromatic N) is 2. The van der Waals surface area contributed by atoms with Crippen molar-refractivity contribution < 1.29 is 22.6 Å². The molecule has 2 aromatic carbocycles. The Kier molecular flexibility index (Phi) is 6.07. The van der Waals surface area contributed by atoms with Gasteiger partial charge < -0.3 is 18.8 Å². The Bertz CT molecular complexity index is 1150. The second-order valence-corrected chi connectivity index (χ2v) is 8.70. The minimum Gasteiger partial charge on any atom is -0.493 e. The molecule has 0 spiro atoms. The number of fused-ring (bicyclic) bond motifs is 1. The number of sulfonamides is 1. The van der Waals surface area contributed by atoms with E-state index in [0.717, 1.165) is 15.8 Å². The highest BCUT2D eigenvalue weighted by molar-refractivity contribution is 7.90. The second kappa shape index (κ2) is 8.34. The Morgan fingerprint density at radius 2 is 1.68 bits per heavy atom. The smallest absolute Gasteiger partial charge is 0.285 e. The molecule has 0 saturated heterocycles. The van der Waals surface area contributed by atoms with Gasteiger partial charge in [-0.2, -0.15) is 8.42 Å². The predicted molar refractivity (Wildman–Crippen MR) is 109 cm³/mol. The standard InChI is InChI=1S/C19H22N2O5S2/c1-13-5-7-14(8-6-13)28(22,23)20-19-21(9-10-24-2)15-11-16(25-3)17(26-4)12-18(15)27-19/h5-8,11-12H,9-10H2,1-4H3/b20-19-. The Balaban J connectivity index is 2.23. The Hall–Kier alpha value is -2.36. The summed E-state index contributed by atoms with van der Waals surface area (Å²) in [6.07, 6.45) is 0. The van der Waals surface area contributed by atoms with Crippen LogP contribution in [0.3, 0.4) is 0 Å². The molecule has 0 aliphatic rings. The minimum absolute atomic E-state index is 0.156. The topological polar surface area (TPSA) is 79.1 Å². The van der Waals surface area contributed by atoms with Crippen molar-refractivity contribution in [1.82, 2.24) is 4.57 Å². The first kappa shape index (κ1) is 20.4. The van der Waals surface area contributed by atoms with Crippen LogP contribution in [0.1, 0.15) is 5.56 Å². The number of rotatable bonds is 7. The zero-order chi connectivity index (χ0) is 20.3. The highest BCUT2D eigenvalue weighted by Gasteiger charge is 2.16. The molecule has 3 aromatic rings. The highest BCUT2D eigenvalue weighted by Crippen LogP contribution is 2.33. The molecule has 7 nitrogen and oxygen atoms in total. The van der Waals surface area contributed by atoms with Crippen LogP contribution in [-0.2, 0) is 21.3 Å². The van der Waals surface area contributed by atoms with E-state index in [0.29, 0.717) is 29.5 Å². The molecular weight excluding hydrogens is 400 g/mol. The molecule has 28 heavy (non-hydrogen) atoms. The molecular formula is C19H22N2O5S2. The van der Waals surface area contributed by atoms with Crippen LogP contribution in [0.2, 0.25) is 0 Å². The third kappa shape index (κ3) is 4.06. The van der Waals surface area contributed by atoms with E-state index in [1.54, 1.807) is 45.6 Å². The fourth-order valence-electron chi connectivity index (χ4n) is 2.73. The van der Waals surface area contributed by atoms with Gasteiger partial charge in [-0.05, 0) is 19.1 Å². The molecule has 0 bridgehead atoms. The highest BCUT2D eigenvalue weighted by atomic mass is 32.2. The second-order valence-electron chi connectivity index (χ2n) is 6.08. The van der Waals surface area contributed by atoms with Crippen LogP contribution < -0.4 is 14.3 Å². The maximum atomic E-state index is 12.8. The van der Waals surface area contributed by atoms with Crippen molar-refractivity contribution in [2.45, 2.75) is 18.4 Å². The van der Waals surface area contributed by atoms with Crippen LogP contribution in [0.15, 0.2) is 45.7 Å². The van der Waals surface area contributed by atoms with Gasteiger partial charge in [0.1, 0.15) is 0 Å². The van der Waals surface area contributed by atoms with Crippen molar-refractivity contribution in [1.29, 1.82) is 0 Å².